The summed E-state index contributed by atoms with van der Waals surface area (Å²) >= 11 is 0. The van der Waals surface area contributed by atoms with Gasteiger partial charge in [0.25, 0.3) is 0 Å². The Morgan fingerprint density at radius 3 is 1.50 bits per heavy atom. The van der Waals surface area contributed by atoms with Crippen LogP contribution in [0.25, 0.3) is 0 Å². The van der Waals surface area contributed by atoms with Crippen LogP contribution in [0.1, 0.15) is 26.7 Å². The Morgan fingerprint density at radius 1 is 0.778 bits per heavy atom. The van der Waals surface area contributed by atoms with Crippen molar-refractivity contribution in [2.75, 3.05) is 39.3 Å². The van der Waals surface area contributed by atoms with Crippen LogP contribution >= 0.6 is 0 Å². The molecule has 0 aromatic carbocycles. The van der Waals surface area contributed by atoms with E-state index in [4.69, 9.17) is 10.2 Å². The van der Waals surface area contributed by atoms with Gasteiger partial charge < -0.3 is 20.0 Å². The molecule has 0 spiro atoms. The molecular weight excluding hydrogens is 236 g/mol. The molecule has 0 aliphatic carbocycles. The number of aliphatic carboxylic acids is 2. The smallest absolute Gasteiger partial charge is 0.304 e. The molecule has 0 aromatic heterocycles. The first kappa shape index (κ1) is 16.9. The molecule has 0 fully saturated rings. The van der Waals surface area contributed by atoms with Crippen LogP contribution in [-0.2, 0) is 9.59 Å². The number of hydrogen-bond donors (Lipinski definition) is 2. The maximum absolute atomic E-state index is 10.5. The summed E-state index contributed by atoms with van der Waals surface area (Å²) in [5, 5.41) is 17.3. The second-order valence-electron chi connectivity index (χ2n) is 4.16. The normalized spacial score (nSPS) is 11.1. The van der Waals surface area contributed by atoms with Gasteiger partial charge in [0.2, 0.25) is 0 Å². The lowest BCUT2D eigenvalue weighted by molar-refractivity contribution is -0.137. The van der Waals surface area contributed by atoms with E-state index in [-0.39, 0.29) is 12.8 Å². The van der Waals surface area contributed by atoms with E-state index in [0.29, 0.717) is 19.6 Å². The number of carboxylic acid groups (broad SMARTS) is 2. The minimum atomic E-state index is -0.849. The first-order valence-electron chi connectivity index (χ1n) is 6.37. The number of rotatable bonds is 11. The minimum Gasteiger partial charge on any atom is -0.481 e. The van der Waals surface area contributed by atoms with Crippen LogP contribution in [0.2, 0.25) is 0 Å². The van der Waals surface area contributed by atoms with E-state index in [1.165, 1.54) is 0 Å². The fraction of sp³-hybridized carbons (Fsp3) is 0.833. The summed E-state index contributed by atoms with van der Waals surface area (Å²) in [6.45, 7) is 8.40. The molecule has 0 heterocycles. The van der Waals surface area contributed by atoms with Gasteiger partial charge in [-0.05, 0) is 13.1 Å². The minimum absolute atomic E-state index is 0.0534. The van der Waals surface area contributed by atoms with E-state index >= 15 is 0 Å². The van der Waals surface area contributed by atoms with Crippen molar-refractivity contribution in [2.24, 2.45) is 0 Å². The zero-order valence-corrected chi connectivity index (χ0v) is 11.3. The van der Waals surface area contributed by atoms with Crippen molar-refractivity contribution in [1.29, 1.82) is 0 Å². The standard InChI is InChI=1S/C12H24N2O4/c1-3-13(4-2)9-10-14(7-5-11(15)16)8-6-12(17)18/h3-10H2,1-2H3,(H,15,16)(H,17,18). The Hall–Kier alpha value is -1.14. The van der Waals surface area contributed by atoms with Gasteiger partial charge in [-0.1, -0.05) is 13.8 Å². The first-order chi connectivity index (χ1) is 8.49. The maximum Gasteiger partial charge on any atom is 0.304 e. The summed E-state index contributed by atoms with van der Waals surface area (Å²) in [5.74, 6) is -1.70. The molecule has 6 nitrogen and oxygen atoms in total. The lowest BCUT2D eigenvalue weighted by atomic mass is 10.3. The maximum atomic E-state index is 10.5. The van der Waals surface area contributed by atoms with Gasteiger partial charge >= 0.3 is 11.9 Å². The van der Waals surface area contributed by atoms with Crippen LogP contribution in [0.15, 0.2) is 0 Å². The van der Waals surface area contributed by atoms with Gasteiger partial charge in [-0.15, -0.1) is 0 Å². The van der Waals surface area contributed by atoms with E-state index < -0.39 is 11.9 Å². The Balaban J connectivity index is 4.09. The second kappa shape index (κ2) is 9.85. The molecule has 0 saturated carbocycles. The van der Waals surface area contributed by atoms with Crippen LogP contribution in [0, 0.1) is 0 Å². The Kier molecular flexibility index (Phi) is 9.22. The van der Waals surface area contributed by atoms with Gasteiger partial charge in [-0.25, -0.2) is 0 Å². The largest absolute Gasteiger partial charge is 0.481 e. The molecular formula is C12H24N2O4. The molecule has 18 heavy (non-hydrogen) atoms. The number of carboxylic acids is 2. The van der Waals surface area contributed by atoms with Crippen LogP contribution in [0.4, 0.5) is 0 Å². The van der Waals surface area contributed by atoms with Crippen molar-refractivity contribution in [2.45, 2.75) is 26.7 Å². The highest BCUT2D eigenvalue weighted by Gasteiger charge is 2.10. The molecule has 106 valence electrons. The highest BCUT2D eigenvalue weighted by atomic mass is 16.4. The van der Waals surface area contributed by atoms with Gasteiger partial charge in [0.1, 0.15) is 0 Å². The quantitative estimate of drug-likeness (QED) is 0.565. The topological polar surface area (TPSA) is 81.1 Å². The van der Waals surface area contributed by atoms with E-state index in [9.17, 15) is 9.59 Å². The fourth-order valence-corrected chi connectivity index (χ4v) is 1.67. The lowest BCUT2D eigenvalue weighted by Gasteiger charge is -2.25. The van der Waals surface area contributed by atoms with Crippen LogP contribution in [0.3, 0.4) is 0 Å². The molecule has 0 aliphatic heterocycles. The molecule has 2 N–H and O–H groups in total. The summed E-state index contributed by atoms with van der Waals surface area (Å²) in [6, 6.07) is 0. The molecule has 0 aliphatic rings. The number of likely N-dealkylation sites (N-methyl/N-ethyl adjacent to an activating group) is 1. The summed E-state index contributed by atoms with van der Waals surface area (Å²) in [7, 11) is 0. The fourth-order valence-electron chi connectivity index (χ4n) is 1.67. The third-order valence-electron chi connectivity index (χ3n) is 2.91. The van der Waals surface area contributed by atoms with Gasteiger partial charge in [0, 0.05) is 26.2 Å². The van der Waals surface area contributed by atoms with Gasteiger partial charge in [-0.2, -0.15) is 0 Å². The molecule has 0 unspecified atom stereocenters. The molecule has 6 heteroatoms. The predicted molar refractivity (Wildman–Crippen MR) is 68.7 cm³/mol. The van der Waals surface area contributed by atoms with Crippen molar-refractivity contribution >= 4 is 11.9 Å². The second-order valence-corrected chi connectivity index (χ2v) is 4.16. The summed E-state index contributed by atoms with van der Waals surface area (Å²) in [4.78, 5) is 25.2. The SMILES string of the molecule is CCN(CC)CCN(CCC(=O)O)CCC(=O)O. The van der Waals surface area contributed by atoms with Gasteiger partial charge in [0.05, 0.1) is 12.8 Å². The molecule has 0 rings (SSSR count). The summed E-state index contributed by atoms with van der Waals surface area (Å²) in [6.07, 6.45) is 0.107. The average molecular weight is 260 g/mol. The number of hydrogen-bond acceptors (Lipinski definition) is 4. The number of nitrogens with zero attached hydrogens (tertiary/aromatic N) is 2. The highest BCUT2D eigenvalue weighted by molar-refractivity contribution is 5.67. The molecule has 0 radical (unpaired) electrons. The van der Waals surface area contributed by atoms with Crippen molar-refractivity contribution in [3.05, 3.63) is 0 Å². The summed E-state index contributed by atoms with van der Waals surface area (Å²) in [5.41, 5.74) is 0. The van der Waals surface area contributed by atoms with Gasteiger partial charge in [-0.3, -0.25) is 9.59 Å². The van der Waals surface area contributed by atoms with Crippen LogP contribution < -0.4 is 0 Å². The molecule has 0 aromatic rings. The third-order valence-corrected chi connectivity index (χ3v) is 2.91. The van der Waals surface area contributed by atoms with Crippen molar-refractivity contribution in [1.82, 2.24) is 9.80 Å². The van der Waals surface area contributed by atoms with Gasteiger partial charge in [0.15, 0.2) is 0 Å². The monoisotopic (exact) mass is 260 g/mol. The Morgan fingerprint density at radius 2 is 1.17 bits per heavy atom. The van der Waals surface area contributed by atoms with E-state index in [1.807, 2.05) is 4.90 Å². The van der Waals surface area contributed by atoms with E-state index in [2.05, 4.69) is 18.7 Å². The van der Waals surface area contributed by atoms with E-state index in [1.54, 1.807) is 0 Å². The lowest BCUT2D eigenvalue weighted by Crippen LogP contribution is -2.37. The highest BCUT2D eigenvalue weighted by Crippen LogP contribution is 1.97. The van der Waals surface area contributed by atoms with Crippen molar-refractivity contribution in [3.63, 3.8) is 0 Å². The zero-order chi connectivity index (χ0) is 14.0. The molecule has 0 amide bonds. The Bertz CT molecular complexity index is 236. The van der Waals surface area contributed by atoms with E-state index in [0.717, 1.165) is 19.6 Å². The molecule has 0 saturated heterocycles. The third kappa shape index (κ3) is 8.95. The van der Waals surface area contributed by atoms with Crippen molar-refractivity contribution in [3.8, 4) is 0 Å². The molecule has 0 atom stereocenters. The van der Waals surface area contributed by atoms with Crippen molar-refractivity contribution < 1.29 is 19.8 Å². The average Bonchev–Trinajstić information content (AvgIpc) is 2.32. The predicted octanol–water partition coefficient (Wildman–Crippen LogP) is 0.580. The zero-order valence-electron chi connectivity index (χ0n) is 11.3. The molecule has 0 bridgehead atoms. The first-order valence-corrected chi connectivity index (χ1v) is 6.37. The van der Waals surface area contributed by atoms with Crippen LogP contribution in [-0.4, -0.2) is 71.2 Å². The Labute approximate surface area is 108 Å². The van der Waals surface area contributed by atoms with Crippen LogP contribution in [0.5, 0.6) is 0 Å². The summed E-state index contributed by atoms with van der Waals surface area (Å²) < 4.78 is 0. The number of carbonyl (C=O) groups is 2.